The molecule has 17 heavy (non-hydrogen) atoms. The quantitative estimate of drug-likeness (QED) is 0.858. The molecule has 1 atom stereocenters. The average Bonchev–Trinajstić information content (AvgIpc) is 2.81. The number of benzene rings is 1. The van der Waals surface area contributed by atoms with E-state index in [4.69, 9.17) is 4.74 Å². The minimum Gasteiger partial charge on any atom is -0.379 e. The van der Waals surface area contributed by atoms with E-state index in [9.17, 15) is 0 Å². The van der Waals surface area contributed by atoms with Gasteiger partial charge in [-0.2, -0.15) is 0 Å². The second kappa shape index (κ2) is 4.34. The number of nitrogens with zero attached hydrogens (tertiary/aromatic N) is 1. The zero-order valence-corrected chi connectivity index (χ0v) is 9.94. The van der Waals surface area contributed by atoms with Gasteiger partial charge < -0.3 is 10.1 Å². The summed E-state index contributed by atoms with van der Waals surface area (Å²) < 4.78 is 5.39. The van der Waals surface area contributed by atoms with Crippen molar-refractivity contribution in [2.75, 3.05) is 18.5 Å². The highest BCUT2D eigenvalue weighted by Crippen LogP contribution is 2.24. The van der Waals surface area contributed by atoms with Gasteiger partial charge in [0.2, 0.25) is 0 Å². The lowest BCUT2D eigenvalue weighted by Gasteiger charge is -2.15. The smallest absolute Gasteiger partial charge is 0.0725 e. The van der Waals surface area contributed by atoms with Gasteiger partial charge >= 0.3 is 0 Å². The number of nitrogens with one attached hydrogen (secondary N) is 1. The van der Waals surface area contributed by atoms with E-state index in [0.717, 1.165) is 30.8 Å². The Bertz CT molecular complexity index is 533. The van der Waals surface area contributed by atoms with Crippen molar-refractivity contribution in [3.05, 3.63) is 36.0 Å². The van der Waals surface area contributed by atoms with Crippen molar-refractivity contribution in [3.8, 4) is 0 Å². The van der Waals surface area contributed by atoms with Gasteiger partial charge in [-0.25, -0.2) is 0 Å². The summed E-state index contributed by atoms with van der Waals surface area (Å²) in [7, 11) is 0. The SMILES string of the molecule is Cc1cc(NC2CCOC2)c2ccccc2n1. The molecule has 1 fully saturated rings. The molecule has 1 unspecified atom stereocenters. The highest BCUT2D eigenvalue weighted by atomic mass is 16.5. The van der Waals surface area contributed by atoms with E-state index in [2.05, 4.69) is 34.6 Å². The summed E-state index contributed by atoms with van der Waals surface area (Å²) in [6.45, 7) is 3.69. The van der Waals surface area contributed by atoms with Crippen LogP contribution in [0.4, 0.5) is 5.69 Å². The molecular weight excluding hydrogens is 212 g/mol. The van der Waals surface area contributed by atoms with Gasteiger partial charge in [-0.15, -0.1) is 0 Å². The van der Waals surface area contributed by atoms with Crippen LogP contribution in [0.2, 0.25) is 0 Å². The van der Waals surface area contributed by atoms with Gasteiger partial charge in [-0.05, 0) is 25.5 Å². The van der Waals surface area contributed by atoms with Crippen LogP contribution in [0.3, 0.4) is 0 Å². The second-order valence-electron chi connectivity index (χ2n) is 4.53. The Hall–Kier alpha value is -1.61. The Morgan fingerprint density at radius 1 is 1.35 bits per heavy atom. The zero-order valence-electron chi connectivity index (χ0n) is 9.94. The molecule has 2 heterocycles. The summed E-state index contributed by atoms with van der Waals surface area (Å²) in [5, 5.41) is 4.74. The number of para-hydroxylation sites is 1. The summed E-state index contributed by atoms with van der Waals surface area (Å²) in [4.78, 5) is 4.54. The van der Waals surface area contributed by atoms with Crippen LogP contribution >= 0.6 is 0 Å². The van der Waals surface area contributed by atoms with Gasteiger partial charge in [0.25, 0.3) is 0 Å². The predicted molar refractivity (Wildman–Crippen MR) is 69.3 cm³/mol. The molecule has 3 rings (SSSR count). The maximum atomic E-state index is 5.39. The number of aryl methyl sites for hydroxylation is 1. The third kappa shape index (κ3) is 2.11. The largest absolute Gasteiger partial charge is 0.379 e. The van der Waals surface area contributed by atoms with Gasteiger partial charge in [-0.3, -0.25) is 4.98 Å². The highest BCUT2D eigenvalue weighted by molar-refractivity contribution is 5.91. The number of ether oxygens (including phenoxy) is 1. The van der Waals surface area contributed by atoms with Gasteiger partial charge in [0.05, 0.1) is 18.2 Å². The maximum absolute atomic E-state index is 5.39. The highest BCUT2D eigenvalue weighted by Gasteiger charge is 2.16. The van der Waals surface area contributed by atoms with Crippen LogP contribution in [0.15, 0.2) is 30.3 Å². The molecule has 1 saturated heterocycles. The molecule has 0 spiro atoms. The van der Waals surface area contributed by atoms with Crippen LogP contribution < -0.4 is 5.32 Å². The number of anilines is 1. The molecule has 1 aromatic heterocycles. The Kier molecular flexibility index (Phi) is 2.69. The molecule has 1 aromatic carbocycles. The van der Waals surface area contributed by atoms with Gasteiger partial charge in [0.1, 0.15) is 0 Å². The Balaban J connectivity index is 2.01. The molecule has 1 aliphatic rings. The van der Waals surface area contributed by atoms with Crippen molar-refractivity contribution in [3.63, 3.8) is 0 Å². The van der Waals surface area contributed by atoms with Crippen LogP contribution in [0.5, 0.6) is 0 Å². The molecule has 0 radical (unpaired) electrons. The number of rotatable bonds is 2. The molecule has 3 nitrogen and oxygen atoms in total. The van der Waals surface area contributed by atoms with E-state index in [0.29, 0.717) is 6.04 Å². The van der Waals surface area contributed by atoms with Crippen molar-refractivity contribution in [2.24, 2.45) is 0 Å². The first-order chi connectivity index (χ1) is 8.33. The van der Waals surface area contributed by atoms with Crippen molar-refractivity contribution in [2.45, 2.75) is 19.4 Å². The standard InChI is InChI=1S/C14H16N2O/c1-10-8-14(16-11-6-7-17-9-11)12-4-2-3-5-13(12)15-10/h2-5,8,11H,6-7,9H2,1H3,(H,15,16). The second-order valence-corrected chi connectivity index (χ2v) is 4.53. The van der Waals surface area contributed by atoms with E-state index in [-0.39, 0.29) is 0 Å². The summed E-state index contributed by atoms with van der Waals surface area (Å²) in [6, 6.07) is 10.8. The lowest BCUT2D eigenvalue weighted by molar-refractivity contribution is 0.195. The molecule has 3 heteroatoms. The number of pyridine rings is 1. The molecule has 0 bridgehead atoms. The lowest BCUT2D eigenvalue weighted by atomic mass is 10.1. The topological polar surface area (TPSA) is 34.1 Å². The first-order valence-electron chi connectivity index (χ1n) is 6.03. The van der Waals surface area contributed by atoms with E-state index < -0.39 is 0 Å². The number of aromatic nitrogens is 1. The van der Waals surface area contributed by atoms with Crippen molar-refractivity contribution in [1.29, 1.82) is 0 Å². The van der Waals surface area contributed by atoms with Crippen LogP contribution in [-0.4, -0.2) is 24.2 Å². The molecule has 88 valence electrons. The molecule has 0 amide bonds. The maximum Gasteiger partial charge on any atom is 0.0725 e. The van der Waals surface area contributed by atoms with Gasteiger partial charge in [0.15, 0.2) is 0 Å². The summed E-state index contributed by atoms with van der Waals surface area (Å²) in [5.41, 5.74) is 3.27. The minimum absolute atomic E-state index is 0.431. The Morgan fingerprint density at radius 3 is 3.06 bits per heavy atom. The van der Waals surface area contributed by atoms with Crippen molar-refractivity contribution < 1.29 is 4.74 Å². The van der Waals surface area contributed by atoms with Crippen LogP contribution in [-0.2, 0) is 4.74 Å². The minimum atomic E-state index is 0.431. The molecule has 1 N–H and O–H groups in total. The van der Waals surface area contributed by atoms with Crippen LogP contribution in [0.25, 0.3) is 10.9 Å². The summed E-state index contributed by atoms with van der Waals surface area (Å²) in [6.07, 6.45) is 1.08. The normalized spacial score (nSPS) is 19.7. The summed E-state index contributed by atoms with van der Waals surface area (Å²) >= 11 is 0. The first kappa shape index (κ1) is 10.5. The molecule has 1 aliphatic heterocycles. The number of hydrogen-bond acceptors (Lipinski definition) is 3. The molecule has 2 aromatic rings. The van der Waals surface area contributed by atoms with E-state index in [1.807, 2.05) is 13.0 Å². The predicted octanol–water partition coefficient (Wildman–Crippen LogP) is 2.74. The third-order valence-corrected chi connectivity index (χ3v) is 3.13. The first-order valence-corrected chi connectivity index (χ1v) is 6.03. The van der Waals surface area contributed by atoms with Gasteiger partial charge in [0, 0.05) is 23.4 Å². The van der Waals surface area contributed by atoms with Crippen LogP contribution in [0, 0.1) is 6.92 Å². The van der Waals surface area contributed by atoms with Gasteiger partial charge in [-0.1, -0.05) is 18.2 Å². The average molecular weight is 228 g/mol. The van der Waals surface area contributed by atoms with E-state index in [1.165, 1.54) is 11.1 Å². The third-order valence-electron chi connectivity index (χ3n) is 3.13. The zero-order chi connectivity index (χ0) is 11.7. The molecule has 0 aliphatic carbocycles. The summed E-state index contributed by atoms with van der Waals surface area (Å²) in [5.74, 6) is 0. The number of fused-ring (bicyclic) bond motifs is 1. The van der Waals surface area contributed by atoms with Crippen LogP contribution in [0.1, 0.15) is 12.1 Å². The van der Waals surface area contributed by atoms with Crippen molar-refractivity contribution in [1.82, 2.24) is 4.98 Å². The fourth-order valence-corrected chi connectivity index (χ4v) is 2.30. The number of hydrogen-bond donors (Lipinski definition) is 1. The molecular formula is C14H16N2O. The Labute approximate surface area is 101 Å². The Morgan fingerprint density at radius 2 is 2.24 bits per heavy atom. The lowest BCUT2D eigenvalue weighted by Crippen LogP contribution is -2.19. The van der Waals surface area contributed by atoms with E-state index in [1.54, 1.807) is 0 Å². The van der Waals surface area contributed by atoms with Crippen molar-refractivity contribution >= 4 is 16.6 Å². The fraction of sp³-hybridized carbons (Fsp3) is 0.357. The monoisotopic (exact) mass is 228 g/mol. The van der Waals surface area contributed by atoms with E-state index >= 15 is 0 Å². The molecule has 0 saturated carbocycles. The fourth-order valence-electron chi connectivity index (χ4n) is 2.30.